The molecule has 1 aromatic carbocycles. The number of hydrogen-bond donors (Lipinski definition) is 1. The first-order valence-corrected chi connectivity index (χ1v) is 5.05. The number of aliphatic hydroxyl groups is 1. The molecule has 1 nitrogen and oxygen atoms in total. The Bertz CT molecular complexity index is 291. The molecule has 0 bridgehead atoms. The molecule has 12 heavy (non-hydrogen) atoms. The second kappa shape index (κ2) is 3.52. The smallest absolute Gasteiger partial charge is 0.0855 e. The quantitative estimate of drug-likeness (QED) is 0.789. The van der Waals surface area contributed by atoms with Crippen LogP contribution in [0.2, 0.25) is 5.02 Å². The van der Waals surface area contributed by atoms with Crippen LogP contribution in [0.25, 0.3) is 0 Å². The van der Waals surface area contributed by atoms with Gasteiger partial charge in [-0.15, -0.1) is 0 Å². The van der Waals surface area contributed by atoms with Crippen LogP contribution in [0.5, 0.6) is 0 Å². The zero-order valence-corrected chi connectivity index (χ0v) is 9.85. The van der Waals surface area contributed by atoms with Crippen LogP contribution >= 0.6 is 34.2 Å². The second-order valence-corrected chi connectivity index (χ2v) is 4.84. The molecule has 1 N–H and O–H groups in total. The highest BCUT2D eigenvalue weighted by Gasteiger charge is 2.19. The number of halogens is 2. The molecule has 3 heteroatoms. The summed E-state index contributed by atoms with van der Waals surface area (Å²) >= 11 is 8.11. The lowest BCUT2D eigenvalue weighted by atomic mass is 9.99. The van der Waals surface area contributed by atoms with Crippen molar-refractivity contribution in [3.8, 4) is 0 Å². The van der Waals surface area contributed by atoms with Gasteiger partial charge < -0.3 is 5.11 Å². The Labute approximate surface area is 90.9 Å². The Kier molecular flexibility index (Phi) is 3.01. The van der Waals surface area contributed by atoms with Crippen LogP contribution in [0.15, 0.2) is 18.2 Å². The van der Waals surface area contributed by atoms with Crippen molar-refractivity contribution in [3.63, 3.8) is 0 Å². The standard InChI is InChI=1S/C9H10ClIO/c1-9(2,12)7-5-6(11)3-4-8(7)10/h3-5,12H,1-2H3. The summed E-state index contributed by atoms with van der Waals surface area (Å²) < 4.78 is 1.08. The summed E-state index contributed by atoms with van der Waals surface area (Å²) in [6.07, 6.45) is 0. The van der Waals surface area contributed by atoms with Crippen molar-refractivity contribution in [2.75, 3.05) is 0 Å². The predicted molar refractivity (Wildman–Crippen MR) is 59.4 cm³/mol. The van der Waals surface area contributed by atoms with Gasteiger partial charge in [-0.05, 0) is 54.6 Å². The Balaban J connectivity index is 3.23. The molecule has 0 saturated heterocycles. The molecule has 0 radical (unpaired) electrons. The van der Waals surface area contributed by atoms with Crippen LogP contribution in [0.3, 0.4) is 0 Å². The Morgan fingerprint density at radius 3 is 2.42 bits per heavy atom. The van der Waals surface area contributed by atoms with E-state index in [9.17, 15) is 5.11 Å². The van der Waals surface area contributed by atoms with E-state index in [-0.39, 0.29) is 0 Å². The highest BCUT2D eigenvalue weighted by atomic mass is 127. The van der Waals surface area contributed by atoms with Crippen molar-refractivity contribution in [2.24, 2.45) is 0 Å². The molecule has 0 unspecified atom stereocenters. The molecule has 0 aliphatic rings. The lowest BCUT2D eigenvalue weighted by molar-refractivity contribution is 0.0786. The van der Waals surface area contributed by atoms with Gasteiger partial charge in [0.05, 0.1) is 5.60 Å². The summed E-state index contributed by atoms with van der Waals surface area (Å²) in [5.74, 6) is 0. The van der Waals surface area contributed by atoms with Crippen molar-refractivity contribution in [1.29, 1.82) is 0 Å². The summed E-state index contributed by atoms with van der Waals surface area (Å²) in [7, 11) is 0. The Morgan fingerprint density at radius 1 is 1.42 bits per heavy atom. The summed E-state index contributed by atoms with van der Waals surface area (Å²) in [5, 5.41) is 10.3. The SMILES string of the molecule is CC(C)(O)c1cc(I)ccc1Cl. The Hall–Kier alpha value is 0.200. The van der Waals surface area contributed by atoms with Crippen molar-refractivity contribution in [2.45, 2.75) is 19.4 Å². The summed E-state index contributed by atoms with van der Waals surface area (Å²) in [6, 6.07) is 5.61. The van der Waals surface area contributed by atoms with Gasteiger partial charge in [-0.1, -0.05) is 11.6 Å². The summed E-state index contributed by atoms with van der Waals surface area (Å²) in [5.41, 5.74) is -0.0887. The van der Waals surface area contributed by atoms with Crippen LogP contribution in [0.1, 0.15) is 19.4 Å². The molecule has 0 amide bonds. The van der Waals surface area contributed by atoms with Gasteiger partial charge in [0.15, 0.2) is 0 Å². The van der Waals surface area contributed by atoms with E-state index >= 15 is 0 Å². The lowest BCUT2D eigenvalue weighted by Gasteiger charge is -2.19. The zero-order chi connectivity index (χ0) is 9.35. The number of hydrogen-bond acceptors (Lipinski definition) is 1. The van der Waals surface area contributed by atoms with Gasteiger partial charge in [0.2, 0.25) is 0 Å². The Morgan fingerprint density at radius 2 is 2.00 bits per heavy atom. The third kappa shape index (κ3) is 2.34. The van der Waals surface area contributed by atoms with E-state index in [4.69, 9.17) is 11.6 Å². The molecule has 0 aliphatic carbocycles. The molecule has 1 rings (SSSR count). The molecule has 0 aromatic heterocycles. The summed E-state index contributed by atoms with van der Waals surface area (Å²) in [6.45, 7) is 3.45. The molecule has 0 heterocycles. The van der Waals surface area contributed by atoms with E-state index < -0.39 is 5.60 Å². The minimum atomic E-state index is -0.863. The minimum Gasteiger partial charge on any atom is -0.386 e. The highest BCUT2D eigenvalue weighted by Crippen LogP contribution is 2.28. The maximum atomic E-state index is 9.71. The van der Waals surface area contributed by atoms with E-state index in [1.165, 1.54) is 0 Å². The van der Waals surface area contributed by atoms with E-state index in [0.717, 1.165) is 9.13 Å². The van der Waals surface area contributed by atoms with Crippen LogP contribution in [-0.2, 0) is 5.60 Å². The largest absolute Gasteiger partial charge is 0.386 e. The molecule has 0 atom stereocenters. The van der Waals surface area contributed by atoms with Gasteiger partial charge in [-0.2, -0.15) is 0 Å². The van der Waals surface area contributed by atoms with Gasteiger partial charge in [0, 0.05) is 14.2 Å². The molecule has 0 fully saturated rings. The van der Waals surface area contributed by atoms with Crippen LogP contribution in [0.4, 0.5) is 0 Å². The van der Waals surface area contributed by atoms with E-state index in [0.29, 0.717) is 5.02 Å². The van der Waals surface area contributed by atoms with Gasteiger partial charge in [-0.25, -0.2) is 0 Å². The zero-order valence-electron chi connectivity index (χ0n) is 6.94. The average Bonchev–Trinajstić information content (AvgIpc) is 1.92. The molecule has 0 saturated carbocycles. The van der Waals surface area contributed by atoms with Gasteiger partial charge in [0.25, 0.3) is 0 Å². The molecular formula is C9H10ClIO. The van der Waals surface area contributed by atoms with Crippen molar-refractivity contribution >= 4 is 34.2 Å². The van der Waals surface area contributed by atoms with Crippen molar-refractivity contribution in [3.05, 3.63) is 32.4 Å². The fraction of sp³-hybridized carbons (Fsp3) is 0.333. The fourth-order valence-electron chi connectivity index (χ4n) is 0.966. The normalized spacial score (nSPS) is 11.8. The lowest BCUT2D eigenvalue weighted by Crippen LogP contribution is -2.16. The number of rotatable bonds is 1. The second-order valence-electron chi connectivity index (χ2n) is 3.18. The maximum Gasteiger partial charge on any atom is 0.0855 e. The molecule has 0 aliphatic heterocycles. The fourth-order valence-corrected chi connectivity index (χ4v) is 1.81. The first kappa shape index (κ1) is 10.3. The first-order chi connectivity index (χ1) is 5.41. The van der Waals surface area contributed by atoms with Crippen molar-refractivity contribution < 1.29 is 5.11 Å². The van der Waals surface area contributed by atoms with E-state index in [1.54, 1.807) is 19.9 Å². The van der Waals surface area contributed by atoms with Gasteiger partial charge >= 0.3 is 0 Å². The van der Waals surface area contributed by atoms with Gasteiger partial charge in [0.1, 0.15) is 0 Å². The van der Waals surface area contributed by atoms with Gasteiger partial charge in [-0.3, -0.25) is 0 Å². The highest BCUT2D eigenvalue weighted by molar-refractivity contribution is 14.1. The first-order valence-electron chi connectivity index (χ1n) is 3.59. The third-order valence-corrected chi connectivity index (χ3v) is 2.59. The average molecular weight is 297 g/mol. The minimum absolute atomic E-state index is 0.614. The number of benzene rings is 1. The molecular weight excluding hydrogens is 286 g/mol. The monoisotopic (exact) mass is 296 g/mol. The topological polar surface area (TPSA) is 20.2 Å². The van der Waals surface area contributed by atoms with Crippen molar-refractivity contribution in [1.82, 2.24) is 0 Å². The van der Waals surface area contributed by atoms with E-state index in [2.05, 4.69) is 22.6 Å². The predicted octanol–water partition coefficient (Wildman–Crippen LogP) is 3.17. The maximum absolute atomic E-state index is 9.71. The van der Waals surface area contributed by atoms with Crippen LogP contribution < -0.4 is 0 Å². The molecule has 0 spiro atoms. The van der Waals surface area contributed by atoms with Crippen LogP contribution in [0, 0.1) is 3.57 Å². The third-order valence-electron chi connectivity index (χ3n) is 1.59. The van der Waals surface area contributed by atoms with E-state index in [1.807, 2.05) is 12.1 Å². The molecule has 1 aromatic rings. The summed E-state index contributed by atoms with van der Waals surface area (Å²) in [4.78, 5) is 0. The van der Waals surface area contributed by atoms with Crippen LogP contribution in [-0.4, -0.2) is 5.11 Å². The molecule has 66 valence electrons.